The van der Waals surface area contributed by atoms with Gasteiger partial charge in [0.15, 0.2) is 0 Å². The molecular formula is C29H38O14. The lowest BCUT2D eigenvalue weighted by molar-refractivity contribution is -0.290. The maximum absolute atomic E-state index is 13.6. The molecule has 4 rings (SSSR count). The number of carboxylic acids is 1. The number of Topliss-reactive ketones (excluding diaryl/α,β-unsaturated/α-hetero) is 1. The molecule has 2 saturated heterocycles. The molecule has 10 atom stereocenters. The fraction of sp³-hybridized carbons (Fsp3) is 0.724. The molecule has 4 aliphatic rings. The summed E-state index contributed by atoms with van der Waals surface area (Å²) in [6.07, 6.45) is -6.71. The molecule has 2 heterocycles. The van der Waals surface area contributed by atoms with Crippen molar-refractivity contribution < 1.29 is 67.8 Å². The first kappa shape index (κ1) is 32.6. The second kappa shape index (κ2) is 10.7. The largest absolute Gasteiger partial charge is 0.481 e. The third kappa shape index (κ3) is 4.65. The first-order valence-electron chi connectivity index (χ1n) is 13.9. The van der Waals surface area contributed by atoms with E-state index in [1.807, 2.05) is 0 Å². The summed E-state index contributed by atoms with van der Waals surface area (Å²) in [4.78, 5) is 76.7. The summed E-state index contributed by atoms with van der Waals surface area (Å²) in [6.45, 7) is 8.11. The van der Waals surface area contributed by atoms with Crippen molar-refractivity contribution in [2.75, 3.05) is 13.7 Å². The zero-order chi connectivity index (χ0) is 32.4. The predicted octanol–water partition coefficient (Wildman–Crippen LogP) is 0.0977. The van der Waals surface area contributed by atoms with Gasteiger partial charge in [0, 0.05) is 30.3 Å². The van der Waals surface area contributed by atoms with E-state index in [2.05, 4.69) is 0 Å². The van der Waals surface area contributed by atoms with Crippen LogP contribution in [0.3, 0.4) is 0 Å². The molecule has 0 radical (unpaired) electrons. The van der Waals surface area contributed by atoms with Crippen LogP contribution in [0.2, 0.25) is 0 Å². The maximum atomic E-state index is 13.6. The highest BCUT2D eigenvalue weighted by Gasteiger charge is 2.85. The summed E-state index contributed by atoms with van der Waals surface area (Å²) < 4.78 is 27.6. The topological polar surface area (TPSA) is 209 Å². The highest BCUT2D eigenvalue weighted by atomic mass is 16.6. The lowest BCUT2D eigenvalue weighted by Gasteiger charge is -2.66. The Morgan fingerprint density at radius 3 is 2.26 bits per heavy atom. The van der Waals surface area contributed by atoms with Gasteiger partial charge in [0.1, 0.15) is 23.6 Å². The summed E-state index contributed by atoms with van der Waals surface area (Å²) in [7, 11) is 1.01. The first-order valence-corrected chi connectivity index (χ1v) is 13.9. The van der Waals surface area contributed by atoms with Crippen molar-refractivity contribution in [3.63, 3.8) is 0 Å². The van der Waals surface area contributed by atoms with Crippen LogP contribution in [0, 0.1) is 28.6 Å². The molecule has 4 fully saturated rings. The number of ether oxygens (including phenoxy) is 5. The van der Waals surface area contributed by atoms with Gasteiger partial charge in [-0.3, -0.25) is 14.4 Å². The zero-order valence-electron chi connectivity index (χ0n) is 25.1. The summed E-state index contributed by atoms with van der Waals surface area (Å²) in [5.74, 6) is -9.39. The fourth-order valence-electron chi connectivity index (χ4n) is 8.28. The Morgan fingerprint density at radius 1 is 1.09 bits per heavy atom. The zero-order valence-corrected chi connectivity index (χ0v) is 25.1. The number of ketones is 1. The van der Waals surface area contributed by atoms with E-state index in [1.165, 1.54) is 41.5 Å². The van der Waals surface area contributed by atoms with Crippen molar-refractivity contribution in [3.8, 4) is 0 Å². The van der Waals surface area contributed by atoms with Gasteiger partial charge in [-0.1, -0.05) is 6.92 Å². The Bertz CT molecular complexity index is 1290. The molecule has 2 bridgehead atoms. The van der Waals surface area contributed by atoms with E-state index in [0.717, 1.165) is 13.2 Å². The van der Waals surface area contributed by atoms with Crippen LogP contribution in [0.15, 0.2) is 11.6 Å². The van der Waals surface area contributed by atoms with Gasteiger partial charge in [0.05, 0.1) is 32.2 Å². The fourth-order valence-corrected chi connectivity index (χ4v) is 8.28. The quantitative estimate of drug-likeness (QED) is 0.189. The molecule has 0 aromatic heterocycles. The van der Waals surface area contributed by atoms with Gasteiger partial charge in [0.2, 0.25) is 11.7 Å². The highest BCUT2D eigenvalue weighted by molar-refractivity contribution is 5.90. The number of carboxylic acid groups (broad SMARTS) is 1. The van der Waals surface area contributed by atoms with Crippen molar-refractivity contribution in [2.24, 2.45) is 28.6 Å². The maximum Gasteiger partial charge on any atom is 0.348 e. The number of aliphatic hydroxyl groups is 2. The Balaban J connectivity index is 1.89. The molecule has 2 saturated carbocycles. The van der Waals surface area contributed by atoms with Crippen LogP contribution in [0.5, 0.6) is 0 Å². The van der Waals surface area contributed by atoms with E-state index < -0.39 is 113 Å². The summed E-state index contributed by atoms with van der Waals surface area (Å²) in [6, 6.07) is 0. The lowest BCUT2D eigenvalue weighted by Crippen LogP contribution is -2.79. The van der Waals surface area contributed by atoms with Crippen LogP contribution < -0.4 is 0 Å². The SMILES string of the molecule is COC(=O)C12OCC34C(CC(C(C)=O)C(C)(CC(=O)O)C3C(O)C1O)OC(=O)C(OC(=O)C=C(C)C(C)(C)OC(C)=O)C24. The van der Waals surface area contributed by atoms with Crippen molar-refractivity contribution in [3.05, 3.63) is 11.6 Å². The van der Waals surface area contributed by atoms with E-state index in [0.29, 0.717) is 0 Å². The number of carbonyl (C=O) groups excluding carboxylic acids is 5. The summed E-state index contributed by atoms with van der Waals surface area (Å²) in [5, 5.41) is 33.1. The van der Waals surface area contributed by atoms with E-state index in [-0.39, 0.29) is 12.0 Å². The monoisotopic (exact) mass is 610 g/mol. The van der Waals surface area contributed by atoms with Crippen molar-refractivity contribution in [1.82, 2.24) is 0 Å². The van der Waals surface area contributed by atoms with Gasteiger partial charge < -0.3 is 39.0 Å². The van der Waals surface area contributed by atoms with Gasteiger partial charge >= 0.3 is 29.8 Å². The number of aliphatic carboxylic acids is 1. The Morgan fingerprint density at radius 2 is 1.72 bits per heavy atom. The number of hydrogen-bond donors (Lipinski definition) is 3. The molecule has 43 heavy (non-hydrogen) atoms. The molecule has 14 nitrogen and oxygen atoms in total. The van der Waals surface area contributed by atoms with E-state index in [1.54, 1.807) is 0 Å². The molecule has 0 aromatic carbocycles. The number of esters is 4. The van der Waals surface area contributed by atoms with Gasteiger partial charge in [0.25, 0.3) is 0 Å². The van der Waals surface area contributed by atoms with E-state index in [9.17, 15) is 44.1 Å². The van der Waals surface area contributed by atoms with Gasteiger partial charge in [-0.25, -0.2) is 14.4 Å². The van der Waals surface area contributed by atoms with Crippen LogP contribution in [0.1, 0.15) is 54.4 Å². The minimum absolute atomic E-state index is 0.155. The molecule has 238 valence electrons. The van der Waals surface area contributed by atoms with Crippen LogP contribution in [0.4, 0.5) is 0 Å². The van der Waals surface area contributed by atoms with Crippen LogP contribution in [-0.2, 0) is 52.5 Å². The third-order valence-electron chi connectivity index (χ3n) is 10.1. The smallest absolute Gasteiger partial charge is 0.348 e. The Kier molecular flexibility index (Phi) is 8.07. The number of aliphatic hydroxyl groups excluding tert-OH is 2. The van der Waals surface area contributed by atoms with Crippen molar-refractivity contribution in [1.29, 1.82) is 0 Å². The van der Waals surface area contributed by atoms with Crippen LogP contribution in [-0.4, -0.2) is 100 Å². The second-order valence-corrected chi connectivity index (χ2v) is 12.8. The van der Waals surface area contributed by atoms with E-state index >= 15 is 0 Å². The molecule has 14 heteroatoms. The van der Waals surface area contributed by atoms with Crippen molar-refractivity contribution in [2.45, 2.75) is 90.0 Å². The molecule has 0 amide bonds. The van der Waals surface area contributed by atoms with Crippen LogP contribution in [0.25, 0.3) is 0 Å². The first-order chi connectivity index (χ1) is 19.8. The standard InChI is InChI=1S/C29H38O14/c1-12(26(4,5)43-14(3)31)8-18(34)42-20-22-28-11-40-29(22,25(38)39-7)23(36)19(35)21(28)27(6,10-17(32)33)15(13(2)30)9-16(28)41-24(20)37/h8,15-16,19-23,35-36H,9-11H2,1-7H3,(H,32,33). The number of methoxy groups -OCH3 is 1. The molecule has 10 unspecified atom stereocenters. The predicted molar refractivity (Wildman–Crippen MR) is 141 cm³/mol. The number of rotatable bonds is 8. The average Bonchev–Trinajstić information content (AvgIpc) is 3.18. The third-order valence-corrected chi connectivity index (χ3v) is 10.1. The lowest BCUT2D eigenvalue weighted by atomic mass is 9.39. The Labute approximate surface area is 247 Å². The highest BCUT2D eigenvalue weighted by Crippen LogP contribution is 2.71. The van der Waals surface area contributed by atoms with E-state index in [4.69, 9.17) is 23.7 Å². The number of carbonyl (C=O) groups is 6. The summed E-state index contributed by atoms with van der Waals surface area (Å²) >= 11 is 0. The van der Waals surface area contributed by atoms with Gasteiger partial charge in [-0.2, -0.15) is 0 Å². The molecular weight excluding hydrogens is 572 g/mol. The molecule has 2 aliphatic carbocycles. The Hall–Kier alpha value is -3.36. The molecule has 0 aromatic rings. The molecule has 1 spiro atoms. The second-order valence-electron chi connectivity index (χ2n) is 12.8. The average molecular weight is 611 g/mol. The van der Waals surface area contributed by atoms with Crippen LogP contribution >= 0.6 is 0 Å². The summed E-state index contributed by atoms with van der Waals surface area (Å²) in [5.41, 5.74) is -6.46. The van der Waals surface area contributed by atoms with Crippen molar-refractivity contribution >= 4 is 35.6 Å². The number of hydrogen-bond acceptors (Lipinski definition) is 13. The van der Waals surface area contributed by atoms with Gasteiger partial charge in [-0.05, 0) is 45.1 Å². The molecule has 3 N–H and O–H groups in total. The minimum atomic E-state index is -2.41. The van der Waals surface area contributed by atoms with Gasteiger partial charge in [-0.15, -0.1) is 0 Å². The minimum Gasteiger partial charge on any atom is -0.481 e. The molecule has 2 aliphatic heterocycles. The normalized spacial score (nSPS) is 40.1.